The fourth-order valence-electron chi connectivity index (χ4n) is 3.44. The van der Waals surface area contributed by atoms with Gasteiger partial charge < -0.3 is 5.32 Å². The number of halogens is 1. The molecule has 1 N–H and O–H groups in total. The lowest BCUT2D eigenvalue weighted by molar-refractivity contribution is 0.102. The molecular formula is C22H18ClNO2S. The second kappa shape index (κ2) is 7.67. The SMILES string of the molecule is O=C(Nc1sc2c(c1C(=O)c1ccccc1)CCCC2)c1ccccc1Cl. The molecule has 1 amide bonds. The minimum absolute atomic E-state index is 0.0375. The molecule has 0 radical (unpaired) electrons. The van der Waals surface area contributed by atoms with Crippen LogP contribution < -0.4 is 5.32 Å². The minimum Gasteiger partial charge on any atom is -0.313 e. The smallest absolute Gasteiger partial charge is 0.257 e. The molecule has 1 aromatic heterocycles. The Labute approximate surface area is 167 Å². The third-order valence-corrected chi connectivity index (χ3v) is 6.32. The predicted octanol–water partition coefficient (Wildman–Crippen LogP) is 5.76. The van der Waals surface area contributed by atoms with E-state index in [-0.39, 0.29) is 11.7 Å². The Morgan fingerprint density at radius 2 is 1.63 bits per heavy atom. The van der Waals surface area contributed by atoms with Gasteiger partial charge in [0.15, 0.2) is 5.78 Å². The van der Waals surface area contributed by atoms with Gasteiger partial charge in [0.25, 0.3) is 5.91 Å². The molecule has 5 heteroatoms. The lowest BCUT2D eigenvalue weighted by Crippen LogP contribution is -2.15. The normalized spacial score (nSPS) is 13.1. The van der Waals surface area contributed by atoms with Crippen LogP contribution in [0.4, 0.5) is 5.00 Å². The van der Waals surface area contributed by atoms with Crippen LogP contribution in [0, 0.1) is 0 Å². The number of thiophene rings is 1. The fourth-order valence-corrected chi connectivity index (χ4v) is 4.95. The van der Waals surface area contributed by atoms with Crippen molar-refractivity contribution in [1.82, 2.24) is 0 Å². The molecule has 0 saturated heterocycles. The van der Waals surface area contributed by atoms with Crippen molar-refractivity contribution in [3.05, 3.63) is 86.8 Å². The molecule has 3 nitrogen and oxygen atoms in total. The highest BCUT2D eigenvalue weighted by Gasteiger charge is 2.27. The van der Waals surface area contributed by atoms with E-state index in [0.29, 0.717) is 26.7 Å². The minimum atomic E-state index is -0.290. The number of benzene rings is 2. The van der Waals surface area contributed by atoms with Crippen molar-refractivity contribution in [1.29, 1.82) is 0 Å². The Hall–Kier alpha value is -2.43. The maximum absolute atomic E-state index is 13.2. The van der Waals surface area contributed by atoms with E-state index in [1.165, 1.54) is 16.2 Å². The third kappa shape index (κ3) is 3.55. The summed E-state index contributed by atoms with van der Waals surface area (Å²) in [6, 6.07) is 16.2. The van der Waals surface area contributed by atoms with E-state index in [2.05, 4.69) is 5.32 Å². The Kier molecular flexibility index (Phi) is 5.10. The van der Waals surface area contributed by atoms with Crippen molar-refractivity contribution in [2.24, 2.45) is 0 Å². The van der Waals surface area contributed by atoms with Gasteiger partial charge in [0.1, 0.15) is 5.00 Å². The van der Waals surface area contributed by atoms with Crippen molar-refractivity contribution < 1.29 is 9.59 Å². The monoisotopic (exact) mass is 395 g/mol. The summed E-state index contributed by atoms with van der Waals surface area (Å²) in [6.07, 6.45) is 4.01. The quantitative estimate of drug-likeness (QED) is 0.570. The van der Waals surface area contributed by atoms with Gasteiger partial charge in [-0.05, 0) is 43.4 Å². The first kappa shape index (κ1) is 18.0. The number of fused-ring (bicyclic) bond motifs is 1. The molecule has 1 aliphatic carbocycles. The van der Waals surface area contributed by atoms with Gasteiger partial charge >= 0.3 is 0 Å². The van der Waals surface area contributed by atoms with Crippen molar-refractivity contribution in [3.8, 4) is 0 Å². The predicted molar refractivity (Wildman–Crippen MR) is 110 cm³/mol. The highest BCUT2D eigenvalue weighted by molar-refractivity contribution is 7.17. The topological polar surface area (TPSA) is 46.2 Å². The van der Waals surface area contributed by atoms with Crippen LogP contribution in [-0.2, 0) is 12.8 Å². The maximum atomic E-state index is 13.2. The van der Waals surface area contributed by atoms with Gasteiger partial charge in [-0.2, -0.15) is 0 Å². The van der Waals surface area contributed by atoms with Crippen LogP contribution in [0.2, 0.25) is 5.02 Å². The first-order valence-electron chi connectivity index (χ1n) is 8.95. The Balaban J connectivity index is 1.74. The van der Waals surface area contributed by atoms with Gasteiger partial charge in [0.05, 0.1) is 16.1 Å². The van der Waals surface area contributed by atoms with Gasteiger partial charge in [0, 0.05) is 10.4 Å². The summed E-state index contributed by atoms with van der Waals surface area (Å²) in [5.74, 6) is -0.328. The number of carbonyl (C=O) groups excluding carboxylic acids is 2. The van der Waals surface area contributed by atoms with E-state index < -0.39 is 0 Å². The molecule has 0 fully saturated rings. The van der Waals surface area contributed by atoms with E-state index in [1.54, 1.807) is 24.3 Å². The third-order valence-electron chi connectivity index (χ3n) is 4.78. The number of aryl methyl sites for hydroxylation is 1. The Morgan fingerprint density at radius 3 is 2.41 bits per heavy atom. The highest BCUT2D eigenvalue weighted by atomic mass is 35.5. The van der Waals surface area contributed by atoms with Crippen LogP contribution >= 0.6 is 22.9 Å². The zero-order chi connectivity index (χ0) is 18.8. The number of hydrogen-bond acceptors (Lipinski definition) is 3. The van der Waals surface area contributed by atoms with Crippen LogP contribution in [0.5, 0.6) is 0 Å². The van der Waals surface area contributed by atoms with Gasteiger partial charge in [-0.15, -0.1) is 11.3 Å². The molecule has 0 atom stereocenters. The molecule has 1 heterocycles. The zero-order valence-electron chi connectivity index (χ0n) is 14.6. The van der Waals surface area contributed by atoms with E-state index in [9.17, 15) is 9.59 Å². The lowest BCUT2D eigenvalue weighted by Gasteiger charge is -2.13. The number of carbonyl (C=O) groups is 2. The Morgan fingerprint density at radius 1 is 0.926 bits per heavy atom. The number of anilines is 1. The summed E-state index contributed by atoms with van der Waals surface area (Å²) in [4.78, 5) is 27.2. The molecule has 0 saturated carbocycles. The van der Waals surface area contributed by atoms with E-state index in [4.69, 9.17) is 11.6 Å². The molecular weight excluding hydrogens is 378 g/mol. The first-order valence-corrected chi connectivity index (χ1v) is 10.1. The van der Waals surface area contributed by atoms with Crippen LogP contribution in [0.15, 0.2) is 54.6 Å². The van der Waals surface area contributed by atoms with Crippen LogP contribution in [0.1, 0.15) is 49.6 Å². The lowest BCUT2D eigenvalue weighted by atomic mass is 9.92. The average molecular weight is 396 g/mol. The Bertz CT molecular complexity index is 1010. The number of nitrogens with one attached hydrogen (secondary N) is 1. The first-order chi connectivity index (χ1) is 13.1. The fraction of sp³-hybridized carbons (Fsp3) is 0.182. The van der Waals surface area contributed by atoms with Gasteiger partial charge in [-0.25, -0.2) is 0 Å². The highest BCUT2D eigenvalue weighted by Crippen LogP contribution is 2.39. The molecule has 136 valence electrons. The average Bonchev–Trinajstić information content (AvgIpc) is 3.06. The summed E-state index contributed by atoms with van der Waals surface area (Å²) in [5, 5.41) is 3.97. The van der Waals surface area contributed by atoms with Crippen LogP contribution in [-0.4, -0.2) is 11.7 Å². The number of amides is 1. The summed E-state index contributed by atoms with van der Waals surface area (Å²) in [6.45, 7) is 0. The van der Waals surface area contributed by atoms with Crippen molar-refractivity contribution >= 4 is 39.6 Å². The standard InChI is InChI=1S/C22H18ClNO2S/c23-17-12-6-4-10-15(17)21(26)24-22-19(16-11-5-7-13-18(16)27-22)20(25)14-8-2-1-3-9-14/h1-4,6,8-10,12H,5,7,11,13H2,(H,24,26). The van der Waals surface area contributed by atoms with E-state index in [1.807, 2.05) is 30.3 Å². The number of hydrogen-bond donors (Lipinski definition) is 1. The molecule has 4 rings (SSSR count). The van der Waals surface area contributed by atoms with Crippen LogP contribution in [0.25, 0.3) is 0 Å². The maximum Gasteiger partial charge on any atom is 0.257 e. The number of ketones is 1. The van der Waals surface area contributed by atoms with Gasteiger partial charge in [-0.1, -0.05) is 54.1 Å². The van der Waals surface area contributed by atoms with Crippen molar-refractivity contribution in [2.75, 3.05) is 5.32 Å². The molecule has 0 bridgehead atoms. The summed E-state index contributed by atoms with van der Waals surface area (Å²) < 4.78 is 0. The zero-order valence-corrected chi connectivity index (χ0v) is 16.2. The summed E-state index contributed by atoms with van der Waals surface area (Å²) in [5.41, 5.74) is 2.77. The molecule has 3 aromatic rings. The second-order valence-corrected chi connectivity index (χ2v) is 8.06. The van der Waals surface area contributed by atoms with Gasteiger partial charge in [0.2, 0.25) is 0 Å². The molecule has 0 unspecified atom stereocenters. The molecule has 2 aromatic carbocycles. The summed E-state index contributed by atoms with van der Waals surface area (Å²) in [7, 11) is 0. The van der Waals surface area contributed by atoms with Crippen molar-refractivity contribution in [3.63, 3.8) is 0 Å². The van der Waals surface area contributed by atoms with Crippen LogP contribution in [0.3, 0.4) is 0 Å². The van der Waals surface area contributed by atoms with Gasteiger partial charge in [-0.3, -0.25) is 9.59 Å². The molecule has 0 spiro atoms. The second-order valence-electron chi connectivity index (χ2n) is 6.54. The van der Waals surface area contributed by atoms with Crippen molar-refractivity contribution in [2.45, 2.75) is 25.7 Å². The molecule has 1 aliphatic rings. The summed E-state index contributed by atoms with van der Waals surface area (Å²) >= 11 is 7.68. The van der Waals surface area contributed by atoms with E-state index in [0.717, 1.165) is 31.2 Å². The molecule has 27 heavy (non-hydrogen) atoms. The largest absolute Gasteiger partial charge is 0.313 e. The molecule has 0 aliphatic heterocycles. The number of rotatable bonds is 4. The van der Waals surface area contributed by atoms with E-state index >= 15 is 0 Å².